The quantitative estimate of drug-likeness (QED) is 0.788. The summed E-state index contributed by atoms with van der Waals surface area (Å²) < 4.78 is 5.04. The average molecular weight is 333 g/mol. The number of anilines is 1. The predicted octanol–water partition coefficient (Wildman–Crippen LogP) is 3.84. The van der Waals surface area contributed by atoms with Crippen LogP contribution in [0.1, 0.15) is 45.9 Å². The molecule has 23 heavy (non-hydrogen) atoms. The molecule has 1 amide bonds. The second kappa shape index (κ2) is 7.78. The molecular formula is C17H19NO4S. The number of aromatic hydroxyl groups is 1. The number of carbonyl (C=O) groups is 2. The average Bonchev–Trinajstić information content (AvgIpc) is 2.91. The van der Waals surface area contributed by atoms with Crippen molar-refractivity contribution in [2.24, 2.45) is 0 Å². The molecule has 2 rings (SSSR count). The Balaban J connectivity index is 2.29. The number of thiophene rings is 1. The number of hydrogen-bond acceptors (Lipinski definition) is 5. The zero-order valence-corrected chi connectivity index (χ0v) is 13.9. The number of aryl methyl sites for hydroxylation is 1. The monoisotopic (exact) mass is 333 g/mol. The molecule has 0 aliphatic heterocycles. The van der Waals surface area contributed by atoms with Gasteiger partial charge < -0.3 is 15.2 Å². The lowest BCUT2D eigenvalue weighted by atomic mass is 10.2. The second-order valence-electron chi connectivity index (χ2n) is 4.90. The summed E-state index contributed by atoms with van der Waals surface area (Å²) in [4.78, 5) is 25.4. The van der Waals surface area contributed by atoms with Crippen molar-refractivity contribution in [3.05, 3.63) is 46.3 Å². The van der Waals surface area contributed by atoms with Gasteiger partial charge >= 0.3 is 5.97 Å². The fourth-order valence-corrected chi connectivity index (χ4v) is 3.24. The third-order valence-corrected chi connectivity index (χ3v) is 4.26. The van der Waals surface area contributed by atoms with Crippen molar-refractivity contribution in [3.8, 4) is 5.75 Å². The van der Waals surface area contributed by atoms with E-state index in [1.54, 1.807) is 25.1 Å². The van der Waals surface area contributed by atoms with Crippen LogP contribution in [0.5, 0.6) is 5.75 Å². The molecule has 0 radical (unpaired) electrons. The summed E-state index contributed by atoms with van der Waals surface area (Å²) in [5.41, 5.74) is 0.511. The molecule has 5 nitrogen and oxygen atoms in total. The van der Waals surface area contributed by atoms with E-state index in [4.69, 9.17) is 4.74 Å². The summed E-state index contributed by atoms with van der Waals surface area (Å²) >= 11 is 1.35. The van der Waals surface area contributed by atoms with Crippen LogP contribution in [0.4, 0.5) is 5.00 Å². The van der Waals surface area contributed by atoms with Crippen LogP contribution in [-0.4, -0.2) is 23.6 Å². The lowest BCUT2D eigenvalue weighted by Crippen LogP contribution is -2.14. The lowest BCUT2D eigenvalue weighted by Gasteiger charge is -2.07. The minimum Gasteiger partial charge on any atom is -0.507 e. The first kappa shape index (κ1) is 17.0. The van der Waals surface area contributed by atoms with E-state index in [9.17, 15) is 14.7 Å². The van der Waals surface area contributed by atoms with E-state index in [0.29, 0.717) is 10.6 Å². The summed E-state index contributed by atoms with van der Waals surface area (Å²) in [5, 5.41) is 12.9. The molecule has 0 atom stereocenters. The molecule has 6 heteroatoms. The fourth-order valence-electron chi connectivity index (χ4n) is 2.10. The Hall–Kier alpha value is -2.34. The van der Waals surface area contributed by atoms with Gasteiger partial charge in [-0.1, -0.05) is 25.5 Å². The highest BCUT2D eigenvalue weighted by Gasteiger charge is 2.20. The maximum atomic E-state index is 12.3. The smallest absolute Gasteiger partial charge is 0.341 e. The van der Waals surface area contributed by atoms with Gasteiger partial charge in [0.1, 0.15) is 10.8 Å². The molecule has 2 N–H and O–H groups in total. The molecule has 0 saturated carbocycles. The van der Waals surface area contributed by atoms with Crippen molar-refractivity contribution < 1.29 is 19.4 Å². The number of carbonyl (C=O) groups excluding carboxylic acids is 2. The molecule has 0 aliphatic carbocycles. The highest BCUT2D eigenvalue weighted by molar-refractivity contribution is 7.16. The van der Waals surface area contributed by atoms with Gasteiger partial charge in [0.2, 0.25) is 0 Å². The molecule has 0 aliphatic rings. The normalized spacial score (nSPS) is 10.3. The number of ether oxygens (including phenoxy) is 1. The zero-order chi connectivity index (χ0) is 16.8. The van der Waals surface area contributed by atoms with Gasteiger partial charge in [-0.3, -0.25) is 4.79 Å². The van der Waals surface area contributed by atoms with Crippen LogP contribution >= 0.6 is 11.3 Å². The number of nitrogens with one attached hydrogen (secondary N) is 1. The molecule has 1 aromatic carbocycles. The van der Waals surface area contributed by atoms with Crippen molar-refractivity contribution in [1.29, 1.82) is 0 Å². The van der Waals surface area contributed by atoms with Crippen molar-refractivity contribution in [2.75, 3.05) is 11.9 Å². The maximum absolute atomic E-state index is 12.3. The Morgan fingerprint density at radius 2 is 1.96 bits per heavy atom. The summed E-state index contributed by atoms with van der Waals surface area (Å²) in [6.45, 7) is 4.05. The standard InChI is InChI=1S/C17H19NO4S/c1-3-7-11-10-13(17(21)22-4-2)16(23-11)18-15(20)12-8-5-6-9-14(12)19/h5-6,8-10,19H,3-4,7H2,1-2H3,(H,18,20). The summed E-state index contributed by atoms with van der Waals surface area (Å²) in [6, 6.07) is 8.03. The Morgan fingerprint density at radius 1 is 1.22 bits per heavy atom. The molecule has 0 fully saturated rings. The van der Waals surface area contributed by atoms with Crippen molar-refractivity contribution in [3.63, 3.8) is 0 Å². The molecule has 0 spiro atoms. The zero-order valence-electron chi connectivity index (χ0n) is 13.1. The Labute approximate surface area is 138 Å². The molecule has 1 heterocycles. The number of para-hydroxylation sites is 1. The Morgan fingerprint density at radius 3 is 2.61 bits per heavy atom. The van der Waals surface area contributed by atoms with Crippen LogP contribution in [0, 0.1) is 0 Å². The van der Waals surface area contributed by atoms with E-state index in [1.165, 1.54) is 23.5 Å². The second-order valence-corrected chi connectivity index (χ2v) is 6.03. The van der Waals surface area contributed by atoms with Gasteiger partial charge in [-0.2, -0.15) is 0 Å². The SMILES string of the molecule is CCCc1cc(C(=O)OCC)c(NC(=O)c2ccccc2O)s1. The Bertz CT molecular complexity index is 708. The van der Waals surface area contributed by atoms with Gasteiger partial charge in [-0.15, -0.1) is 11.3 Å². The van der Waals surface area contributed by atoms with Crippen LogP contribution in [0.25, 0.3) is 0 Å². The van der Waals surface area contributed by atoms with Crippen LogP contribution in [0.3, 0.4) is 0 Å². The number of phenols is 1. The van der Waals surface area contributed by atoms with Crippen molar-refractivity contribution >= 4 is 28.2 Å². The van der Waals surface area contributed by atoms with Crippen LogP contribution in [0.2, 0.25) is 0 Å². The third kappa shape index (κ3) is 4.10. The number of phenolic OH excluding ortho intramolecular Hbond substituents is 1. The number of benzene rings is 1. The number of amides is 1. The number of hydrogen-bond donors (Lipinski definition) is 2. The topological polar surface area (TPSA) is 75.6 Å². The maximum Gasteiger partial charge on any atom is 0.341 e. The summed E-state index contributed by atoms with van der Waals surface area (Å²) in [6.07, 6.45) is 1.76. The van der Waals surface area contributed by atoms with E-state index in [2.05, 4.69) is 5.32 Å². The minimum atomic E-state index is -0.460. The fraction of sp³-hybridized carbons (Fsp3) is 0.294. The van der Waals surface area contributed by atoms with Gasteiger partial charge in [-0.25, -0.2) is 4.79 Å². The number of rotatable bonds is 6. The minimum absolute atomic E-state index is 0.104. The molecular weight excluding hydrogens is 314 g/mol. The van der Waals surface area contributed by atoms with E-state index in [1.807, 2.05) is 6.92 Å². The lowest BCUT2D eigenvalue weighted by molar-refractivity contribution is 0.0528. The highest BCUT2D eigenvalue weighted by atomic mass is 32.1. The van der Waals surface area contributed by atoms with Gasteiger partial charge in [0.05, 0.1) is 17.7 Å². The summed E-state index contributed by atoms with van der Waals surface area (Å²) in [5.74, 6) is -1.02. The highest BCUT2D eigenvalue weighted by Crippen LogP contribution is 2.31. The van der Waals surface area contributed by atoms with Gasteiger partial charge in [0.15, 0.2) is 0 Å². The molecule has 122 valence electrons. The first-order valence-electron chi connectivity index (χ1n) is 7.46. The van der Waals surface area contributed by atoms with Crippen molar-refractivity contribution in [2.45, 2.75) is 26.7 Å². The van der Waals surface area contributed by atoms with E-state index in [-0.39, 0.29) is 17.9 Å². The van der Waals surface area contributed by atoms with Crippen LogP contribution in [0.15, 0.2) is 30.3 Å². The Kier molecular flexibility index (Phi) is 5.76. The molecule has 0 saturated heterocycles. The van der Waals surface area contributed by atoms with Gasteiger partial charge in [0.25, 0.3) is 5.91 Å². The van der Waals surface area contributed by atoms with Crippen LogP contribution < -0.4 is 5.32 Å². The predicted molar refractivity (Wildman–Crippen MR) is 90.3 cm³/mol. The molecule has 1 aromatic heterocycles. The largest absolute Gasteiger partial charge is 0.507 e. The molecule has 0 bridgehead atoms. The van der Waals surface area contributed by atoms with Gasteiger partial charge in [-0.05, 0) is 31.5 Å². The van der Waals surface area contributed by atoms with E-state index in [0.717, 1.165) is 17.7 Å². The number of esters is 1. The van der Waals surface area contributed by atoms with E-state index < -0.39 is 11.9 Å². The van der Waals surface area contributed by atoms with Crippen molar-refractivity contribution in [1.82, 2.24) is 0 Å². The first-order chi connectivity index (χ1) is 11.1. The van der Waals surface area contributed by atoms with E-state index >= 15 is 0 Å². The third-order valence-electron chi connectivity index (χ3n) is 3.15. The first-order valence-corrected chi connectivity index (χ1v) is 8.27. The summed E-state index contributed by atoms with van der Waals surface area (Å²) in [7, 11) is 0. The van der Waals surface area contributed by atoms with Gasteiger partial charge in [0, 0.05) is 4.88 Å². The molecule has 0 unspecified atom stereocenters. The van der Waals surface area contributed by atoms with Crippen LogP contribution in [-0.2, 0) is 11.2 Å². The molecule has 2 aromatic rings.